The minimum atomic E-state index is -0.677. The molecule has 0 unspecified atom stereocenters. The molecule has 3 aromatic carbocycles. The second-order valence-corrected chi connectivity index (χ2v) is 9.82. The van der Waals surface area contributed by atoms with E-state index in [0.717, 1.165) is 12.8 Å². The summed E-state index contributed by atoms with van der Waals surface area (Å²) in [5.74, 6) is -0.573. The van der Waals surface area contributed by atoms with Crippen molar-refractivity contribution in [1.29, 1.82) is 0 Å². The van der Waals surface area contributed by atoms with Crippen molar-refractivity contribution in [3.8, 4) is 0 Å². The second-order valence-electron chi connectivity index (χ2n) is 8.97. The van der Waals surface area contributed by atoms with Crippen molar-refractivity contribution < 1.29 is 9.59 Å². The van der Waals surface area contributed by atoms with Gasteiger partial charge in [0.05, 0.1) is 11.4 Å². The third kappa shape index (κ3) is 5.48. The Kier molecular flexibility index (Phi) is 8.12. The second kappa shape index (κ2) is 11.3. The van der Waals surface area contributed by atoms with Crippen molar-refractivity contribution in [2.45, 2.75) is 39.7 Å². The average molecular weight is 522 g/mol. The van der Waals surface area contributed by atoms with Crippen LogP contribution in [0.4, 0.5) is 11.4 Å². The Morgan fingerprint density at radius 1 is 1.03 bits per heavy atom. The minimum absolute atomic E-state index is 0.0491. The maximum absolute atomic E-state index is 13.9. The largest absolute Gasteiger partial charge is 0.325 e. The van der Waals surface area contributed by atoms with Gasteiger partial charge in [0, 0.05) is 26.9 Å². The van der Waals surface area contributed by atoms with Crippen molar-refractivity contribution in [2.24, 2.45) is 10.9 Å². The average Bonchev–Trinajstić information content (AvgIpc) is 2.99. The number of carbonyl (C=O) groups is 2. The highest BCUT2D eigenvalue weighted by Crippen LogP contribution is 2.34. The number of amides is 2. The summed E-state index contributed by atoms with van der Waals surface area (Å²) in [4.78, 5) is 33.5. The normalized spacial score (nSPS) is 16.1. The first-order chi connectivity index (χ1) is 17.3. The van der Waals surface area contributed by atoms with Crippen molar-refractivity contribution in [3.05, 3.63) is 93.5 Å². The number of carbonyl (C=O) groups excluding carboxylic acids is 2. The first-order valence-electron chi connectivity index (χ1n) is 12.1. The monoisotopic (exact) mass is 521 g/mol. The summed E-state index contributed by atoms with van der Waals surface area (Å²) in [5, 5.41) is 3.95. The van der Waals surface area contributed by atoms with Crippen LogP contribution in [0.3, 0.4) is 0 Å². The van der Waals surface area contributed by atoms with Gasteiger partial charge in [-0.05, 0) is 54.3 Å². The van der Waals surface area contributed by atoms with Gasteiger partial charge in [-0.15, -0.1) is 0 Å². The Bertz CT molecular complexity index is 1300. The Labute approximate surface area is 222 Å². The number of halogens is 2. The predicted octanol–water partition coefficient (Wildman–Crippen LogP) is 6.79. The van der Waals surface area contributed by atoms with Crippen LogP contribution in [0.5, 0.6) is 0 Å². The molecular formula is C29H29Cl2N3O2. The molecule has 0 aromatic heterocycles. The SMILES string of the molecule is CCc1ccc(NC(=O)CN2C(=O)[C@H]([C@H](C)CC)N=C(c3ccccc3Cl)c3cc(Cl)ccc32)cc1. The van der Waals surface area contributed by atoms with Crippen LogP contribution in [-0.4, -0.2) is 30.1 Å². The third-order valence-electron chi connectivity index (χ3n) is 6.55. The number of benzene rings is 3. The number of nitrogens with one attached hydrogen (secondary N) is 1. The molecule has 0 radical (unpaired) electrons. The van der Waals surface area contributed by atoms with E-state index in [2.05, 4.69) is 12.2 Å². The molecule has 0 spiro atoms. The topological polar surface area (TPSA) is 61.8 Å². The minimum Gasteiger partial charge on any atom is -0.325 e. The fraction of sp³-hybridized carbons (Fsp3) is 0.276. The van der Waals surface area contributed by atoms with Gasteiger partial charge in [0.1, 0.15) is 12.6 Å². The Morgan fingerprint density at radius 2 is 1.75 bits per heavy atom. The lowest BCUT2D eigenvalue weighted by Crippen LogP contribution is -2.44. The molecule has 1 heterocycles. The molecule has 4 rings (SSSR count). The van der Waals surface area contributed by atoms with Gasteiger partial charge in [-0.1, -0.05) is 80.7 Å². The highest BCUT2D eigenvalue weighted by molar-refractivity contribution is 6.37. The number of anilines is 2. The fourth-order valence-electron chi connectivity index (χ4n) is 4.27. The van der Waals surface area contributed by atoms with Crippen LogP contribution in [0, 0.1) is 5.92 Å². The van der Waals surface area contributed by atoms with Crippen LogP contribution in [0.1, 0.15) is 43.9 Å². The number of rotatable bonds is 7. The molecular weight excluding hydrogens is 493 g/mol. The molecule has 1 N–H and O–H groups in total. The summed E-state index contributed by atoms with van der Waals surface area (Å²) >= 11 is 13.0. The zero-order valence-corrected chi connectivity index (χ0v) is 22.1. The molecule has 36 heavy (non-hydrogen) atoms. The zero-order valence-electron chi connectivity index (χ0n) is 20.6. The Balaban J connectivity index is 1.77. The van der Waals surface area contributed by atoms with Crippen molar-refractivity contribution in [2.75, 3.05) is 16.8 Å². The maximum atomic E-state index is 13.9. The van der Waals surface area contributed by atoms with Crippen molar-refractivity contribution in [1.82, 2.24) is 0 Å². The number of benzodiazepines with no additional fused rings is 1. The predicted molar refractivity (Wildman–Crippen MR) is 149 cm³/mol. The van der Waals surface area contributed by atoms with E-state index in [1.165, 1.54) is 10.5 Å². The van der Waals surface area contributed by atoms with Crippen LogP contribution in [0.2, 0.25) is 10.0 Å². The van der Waals surface area contributed by atoms with Gasteiger partial charge < -0.3 is 10.2 Å². The molecule has 7 heteroatoms. The van der Waals surface area contributed by atoms with E-state index in [0.29, 0.717) is 38.3 Å². The van der Waals surface area contributed by atoms with E-state index in [1.54, 1.807) is 24.3 Å². The fourth-order valence-corrected chi connectivity index (χ4v) is 4.67. The first kappa shape index (κ1) is 25.9. The molecule has 0 saturated carbocycles. The number of hydrogen-bond donors (Lipinski definition) is 1. The standard InChI is InChI=1S/C29H29Cl2N3O2/c1-4-18(3)27-29(36)34(17-26(35)32-21-13-10-19(5-2)11-14-21)25-15-12-20(30)16-23(25)28(33-27)22-8-6-7-9-24(22)31/h6-16,18,27H,4-5,17H2,1-3H3,(H,32,35)/t18-,27+/m1/s1. The van der Waals surface area contributed by atoms with Crippen LogP contribution < -0.4 is 10.2 Å². The van der Waals surface area contributed by atoms with Gasteiger partial charge >= 0.3 is 0 Å². The smallest absolute Gasteiger partial charge is 0.252 e. The van der Waals surface area contributed by atoms with E-state index in [-0.39, 0.29) is 24.3 Å². The van der Waals surface area contributed by atoms with E-state index in [9.17, 15) is 9.59 Å². The molecule has 3 aromatic rings. The van der Waals surface area contributed by atoms with E-state index in [1.807, 2.05) is 56.3 Å². The van der Waals surface area contributed by atoms with Crippen LogP contribution >= 0.6 is 23.2 Å². The summed E-state index contributed by atoms with van der Waals surface area (Å²) in [6, 6.07) is 19.7. The van der Waals surface area contributed by atoms with Crippen LogP contribution in [-0.2, 0) is 16.0 Å². The lowest BCUT2D eigenvalue weighted by atomic mass is 9.97. The van der Waals surface area contributed by atoms with Gasteiger partial charge in [0.25, 0.3) is 5.91 Å². The summed E-state index contributed by atoms with van der Waals surface area (Å²) in [6.07, 6.45) is 1.66. The van der Waals surface area contributed by atoms with E-state index >= 15 is 0 Å². The van der Waals surface area contributed by atoms with Crippen molar-refractivity contribution >= 4 is 52.1 Å². The van der Waals surface area contributed by atoms with Gasteiger partial charge in [0.15, 0.2) is 0 Å². The molecule has 0 fully saturated rings. The summed E-state index contributed by atoms with van der Waals surface area (Å²) < 4.78 is 0. The molecule has 1 aliphatic rings. The van der Waals surface area contributed by atoms with Crippen molar-refractivity contribution in [3.63, 3.8) is 0 Å². The molecule has 2 atom stereocenters. The molecule has 5 nitrogen and oxygen atoms in total. The molecule has 0 bridgehead atoms. The van der Waals surface area contributed by atoms with Gasteiger partial charge in [-0.2, -0.15) is 0 Å². The van der Waals surface area contributed by atoms with Gasteiger partial charge in [0.2, 0.25) is 5.91 Å². The van der Waals surface area contributed by atoms with E-state index < -0.39 is 6.04 Å². The van der Waals surface area contributed by atoms with Gasteiger partial charge in [-0.3, -0.25) is 14.6 Å². The van der Waals surface area contributed by atoms with Crippen LogP contribution in [0.15, 0.2) is 71.7 Å². The number of nitrogens with zero attached hydrogens (tertiary/aromatic N) is 2. The number of fused-ring (bicyclic) bond motifs is 1. The first-order valence-corrected chi connectivity index (χ1v) is 12.9. The number of hydrogen-bond acceptors (Lipinski definition) is 3. The zero-order chi connectivity index (χ0) is 25.8. The summed E-state index contributed by atoms with van der Waals surface area (Å²) in [6.45, 7) is 5.94. The summed E-state index contributed by atoms with van der Waals surface area (Å²) in [7, 11) is 0. The lowest BCUT2D eigenvalue weighted by molar-refractivity contribution is -0.123. The molecule has 2 amide bonds. The van der Waals surface area contributed by atoms with E-state index in [4.69, 9.17) is 28.2 Å². The molecule has 0 saturated heterocycles. The maximum Gasteiger partial charge on any atom is 0.252 e. The molecule has 1 aliphatic heterocycles. The molecule has 186 valence electrons. The molecule has 0 aliphatic carbocycles. The quantitative estimate of drug-likeness (QED) is 0.371. The van der Waals surface area contributed by atoms with Gasteiger partial charge in [-0.25, -0.2) is 0 Å². The Morgan fingerprint density at radius 3 is 2.42 bits per heavy atom. The highest BCUT2D eigenvalue weighted by Gasteiger charge is 2.36. The highest BCUT2D eigenvalue weighted by atomic mass is 35.5. The Hall–Kier alpha value is -3.15. The third-order valence-corrected chi connectivity index (χ3v) is 7.12. The van der Waals surface area contributed by atoms with Crippen LogP contribution in [0.25, 0.3) is 0 Å². The lowest BCUT2D eigenvalue weighted by Gasteiger charge is -2.26. The summed E-state index contributed by atoms with van der Waals surface area (Å²) in [5.41, 5.74) is 4.41. The number of aryl methyl sites for hydroxylation is 1. The number of aliphatic imine (C=N–C) groups is 1.